The van der Waals surface area contributed by atoms with Crippen molar-refractivity contribution in [1.82, 2.24) is 0 Å². The topological polar surface area (TPSA) is 12.0 Å². The Labute approximate surface area is 130 Å². The number of benzene rings is 2. The first-order valence-corrected chi connectivity index (χ1v) is 7.86. The summed E-state index contributed by atoms with van der Waals surface area (Å²) in [5.74, 6) is 0. The van der Waals surface area contributed by atoms with Crippen molar-refractivity contribution in [3.8, 4) is 0 Å². The van der Waals surface area contributed by atoms with E-state index in [2.05, 4.69) is 92.4 Å². The van der Waals surface area contributed by atoms with Crippen LogP contribution in [-0.4, -0.2) is 6.54 Å². The Kier molecular flexibility index (Phi) is 5.50. The molecule has 0 amide bonds. The lowest BCUT2D eigenvalue weighted by Crippen LogP contribution is -2.03. The van der Waals surface area contributed by atoms with Crippen LogP contribution in [0.3, 0.4) is 0 Å². The van der Waals surface area contributed by atoms with E-state index >= 15 is 0 Å². The lowest BCUT2D eigenvalue weighted by Gasteiger charge is -2.07. The average Bonchev–Trinajstić information content (AvgIpc) is 2.40. The van der Waals surface area contributed by atoms with Crippen molar-refractivity contribution >= 4 is 44.2 Å². The maximum atomic E-state index is 3.54. The molecule has 0 aromatic heterocycles. The lowest BCUT2D eigenvalue weighted by atomic mass is 10.1. The van der Waals surface area contributed by atoms with E-state index in [9.17, 15) is 0 Å². The second-order valence-electron chi connectivity index (χ2n) is 4.14. The van der Waals surface area contributed by atoms with Gasteiger partial charge in [-0.3, -0.25) is 0 Å². The van der Waals surface area contributed by atoms with Gasteiger partial charge in [-0.1, -0.05) is 30.3 Å². The van der Waals surface area contributed by atoms with Crippen molar-refractivity contribution in [3.05, 3.63) is 62.1 Å². The van der Waals surface area contributed by atoms with Crippen LogP contribution in [0.5, 0.6) is 0 Å². The van der Waals surface area contributed by atoms with Crippen LogP contribution in [0, 0.1) is 3.57 Å². The Bertz CT molecular complexity index is 499. The monoisotopic (exact) mass is 415 g/mol. The molecule has 0 aliphatic rings. The quantitative estimate of drug-likeness (QED) is 0.529. The summed E-state index contributed by atoms with van der Waals surface area (Å²) in [5, 5.41) is 3.45. The minimum Gasteiger partial charge on any atom is -0.385 e. The Balaban J connectivity index is 1.77. The molecule has 0 fully saturated rings. The van der Waals surface area contributed by atoms with Gasteiger partial charge in [0, 0.05) is 20.3 Å². The first kappa shape index (κ1) is 13.9. The zero-order valence-electron chi connectivity index (χ0n) is 10.00. The summed E-state index contributed by atoms with van der Waals surface area (Å²) >= 11 is 5.86. The summed E-state index contributed by atoms with van der Waals surface area (Å²) in [6, 6.07) is 17.0. The molecule has 2 aromatic rings. The van der Waals surface area contributed by atoms with Gasteiger partial charge in [-0.25, -0.2) is 0 Å². The highest BCUT2D eigenvalue weighted by molar-refractivity contribution is 14.1. The standard InChI is InChI=1S/C15H15BrIN/c16-14-11-13(8-9-15(14)17)18-10-4-7-12-5-2-1-3-6-12/h1-3,5-6,8-9,11,18H,4,7,10H2. The molecule has 1 N–H and O–H groups in total. The van der Waals surface area contributed by atoms with E-state index in [1.807, 2.05) is 0 Å². The summed E-state index contributed by atoms with van der Waals surface area (Å²) < 4.78 is 2.39. The molecule has 18 heavy (non-hydrogen) atoms. The fourth-order valence-electron chi connectivity index (χ4n) is 1.78. The molecule has 0 heterocycles. The van der Waals surface area contributed by atoms with Crippen LogP contribution in [0.15, 0.2) is 53.0 Å². The molecule has 0 saturated heterocycles. The molecule has 1 nitrogen and oxygen atoms in total. The smallest absolute Gasteiger partial charge is 0.0352 e. The van der Waals surface area contributed by atoms with E-state index in [-0.39, 0.29) is 0 Å². The van der Waals surface area contributed by atoms with E-state index in [4.69, 9.17) is 0 Å². The van der Waals surface area contributed by atoms with Crippen LogP contribution in [0.4, 0.5) is 5.69 Å². The minimum atomic E-state index is 1.00. The third kappa shape index (κ3) is 4.28. The Morgan fingerprint density at radius 1 is 1.06 bits per heavy atom. The van der Waals surface area contributed by atoms with E-state index in [1.54, 1.807) is 0 Å². The summed E-state index contributed by atoms with van der Waals surface area (Å²) in [5.41, 5.74) is 2.58. The number of anilines is 1. The fourth-order valence-corrected chi connectivity index (χ4v) is 2.49. The molecule has 0 unspecified atom stereocenters. The van der Waals surface area contributed by atoms with Crippen molar-refractivity contribution in [2.75, 3.05) is 11.9 Å². The molecular weight excluding hydrogens is 401 g/mol. The first-order chi connectivity index (χ1) is 8.75. The summed E-state index contributed by atoms with van der Waals surface area (Å²) in [6.07, 6.45) is 2.27. The van der Waals surface area contributed by atoms with Crippen molar-refractivity contribution in [3.63, 3.8) is 0 Å². The summed E-state index contributed by atoms with van der Waals surface area (Å²) in [7, 11) is 0. The molecule has 3 heteroatoms. The van der Waals surface area contributed by atoms with Crippen molar-refractivity contribution in [2.45, 2.75) is 12.8 Å². The number of hydrogen-bond acceptors (Lipinski definition) is 1. The van der Waals surface area contributed by atoms with E-state index in [0.717, 1.165) is 23.9 Å². The first-order valence-electron chi connectivity index (χ1n) is 5.98. The molecule has 2 aromatic carbocycles. The highest BCUT2D eigenvalue weighted by Gasteiger charge is 1.98. The third-order valence-corrected chi connectivity index (χ3v) is 5.07. The summed E-state index contributed by atoms with van der Waals surface area (Å²) in [6.45, 7) is 1.00. The number of hydrogen-bond donors (Lipinski definition) is 1. The molecule has 2 rings (SSSR count). The number of halogens is 2. The minimum absolute atomic E-state index is 1.00. The lowest BCUT2D eigenvalue weighted by molar-refractivity contribution is 0.863. The second-order valence-corrected chi connectivity index (χ2v) is 6.16. The van der Waals surface area contributed by atoms with Crippen molar-refractivity contribution < 1.29 is 0 Å². The van der Waals surface area contributed by atoms with Gasteiger partial charge in [0.2, 0.25) is 0 Å². The molecule has 94 valence electrons. The SMILES string of the molecule is Brc1cc(NCCCc2ccccc2)ccc1I. The van der Waals surface area contributed by atoms with Gasteiger partial charge in [-0.2, -0.15) is 0 Å². The predicted octanol–water partition coefficient (Wildman–Crippen LogP) is 5.10. The summed E-state index contributed by atoms with van der Waals surface area (Å²) in [4.78, 5) is 0. The molecule has 0 aliphatic carbocycles. The largest absolute Gasteiger partial charge is 0.385 e. The maximum Gasteiger partial charge on any atom is 0.0352 e. The van der Waals surface area contributed by atoms with Crippen LogP contribution >= 0.6 is 38.5 Å². The molecule has 0 bridgehead atoms. The second kappa shape index (κ2) is 7.14. The fraction of sp³-hybridized carbons (Fsp3) is 0.200. The van der Waals surface area contributed by atoms with Crippen LogP contribution < -0.4 is 5.32 Å². The highest BCUT2D eigenvalue weighted by Crippen LogP contribution is 2.22. The van der Waals surface area contributed by atoms with Gasteiger partial charge in [0.05, 0.1) is 0 Å². The average molecular weight is 416 g/mol. The van der Waals surface area contributed by atoms with E-state index in [0.29, 0.717) is 0 Å². The van der Waals surface area contributed by atoms with Gasteiger partial charge in [0.1, 0.15) is 0 Å². The van der Waals surface area contributed by atoms with Crippen LogP contribution in [0.2, 0.25) is 0 Å². The zero-order valence-corrected chi connectivity index (χ0v) is 13.7. The van der Waals surface area contributed by atoms with Gasteiger partial charge in [-0.05, 0) is 75.1 Å². The maximum absolute atomic E-state index is 3.54. The van der Waals surface area contributed by atoms with Gasteiger partial charge in [0.15, 0.2) is 0 Å². The normalized spacial score (nSPS) is 10.3. The van der Waals surface area contributed by atoms with Crippen LogP contribution in [0.25, 0.3) is 0 Å². The van der Waals surface area contributed by atoms with Crippen LogP contribution in [0.1, 0.15) is 12.0 Å². The zero-order chi connectivity index (χ0) is 12.8. The molecule has 0 spiro atoms. The van der Waals surface area contributed by atoms with Crippen LogP contribution in [-0.2, 0) is 6.42 Å². The van der Waals surface area contributed by atoms with Gasteiger partial charge >= 0.3 is 0 Å². The Morgan fingerprint density at radius 2 is 1.83 bits per heavy atom. The molecular formula is C15H15BrIN. The van der Waals surface area contributed by atoms with E-state index < -0.39 is 0 Å². The molecule has 0 radical (unpaired) electrons. The highest BCUT2D eigenvalue weighted by atomic mass is 127. The third-order valence-electron chi connectivity index (χ3n) is 2.73. The predicted molar refractivity (Wildman–Crippen MR) is 90.1 cm³/mol. The van der Waals surface area contributed by atoms with Crippen molar-refractivity contribution in [1.29, 1.82) is 0 Å². The van der Waals surface area contributed by atoms with Gasteiger partial charge < -0.3 is 5.32 Å². The number of rotatable bonds is 5. The Morgan fingerprint density at radius 3 is 2.56 bits per heavy atom. The van der Waals surface area contributed by atoms with Gasteiger partial charge in [0.25, 0.3) is 0 Å². The van der Waals surface area contributed by atoms with Gasteiger partial charge in [-0.15, -0.1) is 0 Å². The molecule has 0 atom stereocenters. The number of nitrogens with one attached hydrogen (secondary N) is 1. The molecule has 0 saturated carbocycles. The van der Waals surface area contributed by atoms with E-state index in [1.165, 1.54) is 14.8 Å². The van der Waals surface area contributed by atoms with Crippen molar-refractivity contribution in [2.24, 2.45) is 0 Å². The number of aryl methyl sites for hydroxylation is 1. The molecule has 0 aliphatic heterocycles. The Hall–Kier alpha value is -0.550.